The van der Waals surface area contributed by atoms with Gasteiger partial charge in [-0.2, -0.15) is 0 Å². The van der Waals surface area contributed by atoms with E-state index in [-0.39, 0.29) is 6.61 Å². The molecule has 1 aromatic carbocycles. The topological polar surface area (TPSA) is 49.7 Å². The first-order valence-corrected chi connectivity index (χ1v) is 8.01. The molecule has 2 N–H and O–H groups in total. The van der Waals surface area contributed by atoms with Crippen molar-refractivity contribution >= 4 is 10.9 Å². The number of aromatic nitrogens is 1. The highest BCUT2D eigenvalue weighted by Crippen LogP contribution is 2.26. The lowest BCUT2D eigenvalue weighted by molar-refractivity contribution is 0.244. The second-order valence-corrected chi connectivity index (χ2v) is 5.80. The molecule has 1 fully saturated rings. The predicted octanol–water partition coefficient (Wildman–Crippen LogP) is 1.09. The van der Waals surface area contributed by atoms with E-state index in [9.17, 15) is 5.11 Å². The van der Waals surface area contributed by atoms with E-state index in [0.717, 1.165) is 50.4 Å². The summed E-state index contributed by atoms with van der Waals surface area (Å²) in [7, 11) is 1.69. The Morgan fingerprint density at radius 2 is 2.05 bits per heavy atom. The Hall–Kier alpha value is -1.56. The van der Waals surface area contributed by atoms with Crippen molar-refractivity contribution in [1.82, 2.24) is 14.8 Å². The average Bonchev–Trinajstić information content (AvgIpc) is 2.91. The van der Waals surface area contributed by atoms with Crippen molar-refractivity contribution in [2.24, 2.45) is 0 Å². The maximum absolute atomic E-state index is 9.28. The standard InChI is InChI=1S/C17H25N3O2/c1-22-15-2-3-16-14(4-7-19-8-5-18-6-9-19)13-20(10-11-21)17(16)12-15/h2-3,12-13,18,21H,4-11H2,1H3. The first-order valence-electron chi connectivity index (χ1n) is 8.01. The van der Waals surface area contributed by atoms with Gasteiger partial charge in [-0.3, -0.25) is 0 Å². The Kier molecular flexibility index (Phi) is 4.97. The van der Waals surface area contributed by atoms with Crippen molar-refractivity contribution in [2.75, 3.05) is 46.4 Å². The number of hydrogen-bond acceptors (Lipinski definition) is 4. The minimum Gasteiger partial charge on any atom is -0.497 e. The van der Waals surface area contributed by atoms with Gasteiger partial charge in [0.1, 0.15) is 5.75 Å². The fraction of sp³-hybridized carbons (Fsp3) is 0.529. The van der Waals surface area contributed by atoms with Crippen LogP contribution in [0.2, 0.25) is 0 Å². The molecule has 2 aromatic rings. The third-order valence-corrected chi connectivity index (χ3v) is 4.42. The molecule has 1 aromatic heterocycles. The Balaban J connectivity index is 1.81. The Morgan fingerprint density at radius 3 is 2.77 bits per heavy atom. The number of nitrogens with one attached hydrogen (secondary N) is 1. The van der Waals surface area contributed by atoms with Gasteiger partial charge in [0, 0.05) is 56.9 Å². The van der Waals surface area contributed by atoms with Gasteiger partial charge in [0.2, 0.25) is 0 Å². The maximum atomic E-state index is 9.28. The van der Waals surface area contributed by atoms with Crippen LogP contribution in [0.1, 0.15) is 5.56 Å². The molecule has 1 saturated heterocycles. The molecule has 1 aliphatic heterocycles. The second kappa shape index (κ2) is 7.13. The van der Waals surface area contributed by atoms with Gasteiger partial charge >= 0.3 is 0 Å². The molecule has 0 atom stereocenters. The molecule has 3 rings (SSSR count). The Morgan fingerprint density at radius 1 is 1.23 bits per heavy atom. The second-order valence-electron chi connectivity index (χ2n) is 5.80. The molecule has 0 aliphatic carbocycles. The molecule has 0 saturated carbocycles. The normalized spacial score (nSPS) is 16.3. The van der Waals surface area contributed by atoms with Crippen molar-refractivity contribution in [3.05, 3.63) is 30.0 Å². The highest BCUT2D eigenvalue weighted by atomic mass is 16.5. The zero-order chi connectivity index (χ0) is 15.4. The summed E-state index contributed by atoms with van der Waals surface area (Å²) in [5, 5.41) is 13.9. The van der Waals surface area contributed by atoms with Crippen LogP contribution in [0, 0.1) is 0 Å². The molecule has 5 heteroatoms. The molecular weight excluding hydrogens is 278 g/mol. The smallest absolute Gasteiger partial charge is 0.120 e. The van der Waals surface area contributed by atoms with Crippen LogP contribution in [0.3, 0.4) is 0 Å². The summed E-state index contributed by atoms with van der Waals surface area (Å²) < 4.78 is 7.46. The number of rotatable bonds is 6. The van der Waals surface area contributed by atoms with Gasteiger partial charge < -0.3 is 24.6 Å². The first kappa shape index (κ1) is 15.3. The molecule has 120 valence electrons. The van der Waals surface area contributed by atoms with Crippen LogP contribution >= 0.6 is 0 Å². The van der Waals surface area contributed by atoms with Gasteiger partial charge in [0.15, 0.2) is 0 Å². The maximum Gasteiger partial charge on any atom is 0.120 e. The van der Waals surface area contributed by atoms with Gasteiger partial charge in [0.25, 0.3) is 0 Å². The number of aliphatic hydroxyl groups is 1. The Labute approximate surface area is 131 Å². The van der Waals surface area contributed by atoms with Gasteiger partial charge in [-0.15, -0.1) is 0 Å². The summed E-state index contributed by atoms with van der Waals surface area (Å²) in [4.78, 5) is 2.51. The number of fused-ring (bicyclic) bond motifs is 1. The lowest BCUT2D eigenvalue weighted by Crippen LogP contribution is -2.44. The van der Waals surface area contributed by atoms with E-state index in [0.29, 0.717) is 6.54 Å². The van der Waals surface area contributed by atoms with Gasteiger partial charge in [-0.25, -0.2) is 0 Å². The molecule has 0 amide bonds. The van der Waals surface area contributed by atoms with Crippen molar-refractivity contribution < 1.29 is 9.84 Å². The van der Waals surface area contributed by atoms with Crippen LogP contribution in [0.5, 0.6) is 5.75 Å². The van der Waals surface area contributed by atoms with Gasteiger partial charge in [-0.05, 0) is 24.1 Å². The van der Waals surface area contributed by atoms with E-state index < -0.39 is 0 Å². The number of benzene rings is 1. The fourth-order valence-corrected chi connectivity index (χ4v) is 3.18. The summed E-state index contributed by atoms with van der Waals surface area (Å²) in [5.41, 5.74) is 2.49. The van der Waals surface area contributed by atoms with E-state index in [1.54, 1.807) is 7.11 Å². The zero-order valence-corrected chi connectivity index (χ0v) is 13.2. The van der Waals surface area contributed by atoms with Gasteiger partial charge in [-0.1, -0.05) is 0 Å². The number of piperazine rings is 1. The van der Waals surface area contributed by atoms with E-state index >= 15 is 0 Å². The van der Waals surface area contributed by atoms with Crippen molar-refractivity contribution in [2.45, 2.75) is 13.0 Å². The predicted molar refractivity (Wildman–Crippen MR) is 88.6 cm³/mol. The number of aliphatic hydroxyl groups excluding tert-OH is 1. The van der Waals surface area contributed by atoms with Crippen molar-refractivity contribution in [3.63, 3.8) is 0 Å². The largest absolute Gasteiger partial charge is 0.497 e. The molecule has 0 unspecified atom stereocenters. The summed E-state index contributed by atoms with van der Waals surface area (Å²) in [5.74, 6) is 0.860. The number of methoxy groups -OCH3 is 1. The Bertz CT molecular complexity index is 618. The van der Waals surface area contributed by atoms with E-state index in [4.69, 9.17) is 4.74 Å². The minimum atomic E-state index is 0.151. The van der Waals surface area contributed by atoms with Crippen LogP contribution < -0.4 is 10.1 Å². The molecule has 0 radical (unpaired) electrons. The summed E-state index contributed by atoms with van der Waals surface area (Å²) in [6.07, 6.45) is 3.23. The van der Waals surface area contributed by atoms with Crippen LogP contribution in [0.4, 0.5) is 0 Å². The quantitative estimate of drug-likeness (QED) is 0.839. The van der Waals surface area contributed by atoms with Crippen LogP contribution in [0.25, 0.3) is 10.9 Å². The van der Waals surface area contributed by atoms with Crippen LogP contribution in [0.15, 0.2) is 24.4 Å². The number of nitrogens with zero attached hydrogens (tertiary/aromatic N) is 2. The molecular formula is C17H25N3O2. The molecule has 5 nitrogen and oxygen atoms in total. The zero-order valence-electron chi connectivity index (χ0n) is 13.2. The minimum absolute atomic E-state index is 0.151. The first-order chi connectivity index (χ1) is 10.8. The monoisotopic (exact) mass is 303 g/mol. The third kappa shape index (κ3) is 3.27. The molecule has 0 spiro atoms. The van der Waals surface area contributed by atoms with Crippen molar-refractivity contribution in [3.8, 4) is 5.75 Å². The van der Waals surface area contributed by atoms with Crippen LogP contribution in [-0.4, -0.2) is 61.0 Å². The summed E-state index contributed by atoms with van der Waals surface area (Å²) in [6, 6.07) is 6.20. The highest BCUT2D eigenvalue weighted by Gasteiger charge is 2.13. The van der Waals surface area contributed by atoms with Crippen LogP contribution in [-0.2, 0) is 13.0 Å². The lowest BCUT2D eigenvalue weighted by atomic mass is 10.1. The SMILES string of the molecule is COc1ccc2c(CCN3CCNCC3)cn(CCO)c2c1. The van der Waals surface area contributed by atoms with E-state index in [1.807, 2.05) is 6.07 Å². The highest BCUT2D eigenvalue weighted by molar-refractivity contribution is 5.85. The van der Waals surface area contributed by atoms with Crippen molar-refractivity contribution in [1.29, 1.82) is 0 Å². The molecule has 22 heavy (non-hydrogen) atoms. The summed E-state index contributed by atoms with van der Waals surface area (Å²) >= 11 is 0. The average molecular weight is 303 g/mol. The van der Waals surface area contributed by atoms with E-state index in [1.165, 1.54) is 10.9 Å². The third-order valence-electron chi connectivity index (χ3n) is 4.42. The molecule has 2 heterocycles. The van der Waals surface area contributed by atoms with Gasteiger partial charge in [0.05, 0.1) is 19.2 Å². The number of ether oxygens (including phenoxy) is 1. The molecule has 0 bridgehead atoms. The fourth-order valence-electron chi connectivity index (χ4n) is 3.18. The lowest BCUT2D eigenvalue weighted by Gasteiger charge is -2.26. The summed E-state index contributed by atoms with van der Waals surface area (Å²) in [6.45, 7) is 6.29. The van der Waals surface area contributed by atoms with E-state index in [2.05, 4.69) is 33.1 Å². The number of hydrogen-bond donors (Lipinski definition) is 2. The molecule has 1 aliphatic rings.